The molecule has 146 valence electrons. The highest BCUT2D eigenvalue weighted by molar-refractivity contribution is 5.78. The molecular weight excluding hydrogens is 326 g/mol. The predicted octanol–water partition coefficient (Wildman–Crippen LogP) is 2.25. The summed E-state index contributed by atoms with van der Waals surface area (Å²) < 4.78 is 0. The third-order valence-corrected chi connectivity index (χ3v) is 6.12. The van der Waals surface area contributed by atoms with Gasteiger partial charge in [-0.1, -0.05) is 20.8 Å². The Hall–Kier alpha value is -1.40. The molecule has 2 saturated heterocycles. The van der Waals surface area contributed by atoms with Crippen LogP contribution >= 0.6 is 0 Å². The summed E-state index contributed by atoms with van der Waals surface area (Å²) in [7, 11) is 0. The number of piperidine rings is 2. The van der Waals surface area contributed by atoms with Gasteiger partial charge in [-0.25, -0.2) is 4.98 Å². The van der Waals surface area contributed by atoms with E-state index in [9.17, 15) is 4.79 Å². The summed E-state index contributed by atoms with van der Waals surface area (Å²) >= 11 is 0. The molecule has 0 bridgehead atoms. The van der Waals surface area contributed by atoms with Crippen LogP contribution in [0, 0.1) is 11.3 Å². The number of carbonyl (C=O) groups excluding carboxylic acids is 1. The lowest BCUT2D eigenvalue weighted by Gasteiger charge is -2.40. The molecule has 2 aliphatic rings. The highest BCUT2D eigenvalue weighted by atomic mass is 16.2. The molecular formula is C20H35N5O. The third-order valence-electron chi connectivity index (χ3n) is 6.12. The van der Waals surface area contributed by atoms with E-state index in [2.05, 4.69) is 45.9 Å². The molecule has 2 aliphatic heterocycles. The van der Waals surface area contributed by atoms with Gasteiger partial charge < -0.3 is 15.2 Å². The van der Waals surface area contributed by atoms with Crippen molar-refractivity contribution in [2.24, 2.45) is 11.3 Å². The van der Waals surface area contributed by atoms with Gasteiger partial charge in [0.25, 0.3) is 0 Å². The maximum Gasteiger partial charge on any atom is 0.237 e. The fourth-order valence-corrected chi connectivity index (χ4v) is 4.32. The van der Waals surface area contributed by atoms with E-state index in [0.717, 1.165) is 50.8 Å². The van der Waals surface area contributed by atoms with E-state index in [1.54, 1.807) is 6.20 Å². The number of likely N-dealkylation sites (tertiary alicyclic amines) is 1. The molecule has 3 rings (SSSR count). The molecule has 2 N–H and O–H groups in total. The zero-order valence-electron chi connectivity index (χ0n) is 16.6. The second-order valence-electron chi connectivity index (χ2n) is 8.96. The molecule has 0 atom stereocenters. The normalized spacial score (nSPS) is 21.0. The highest BCUT2D eigenvalue weighted by Crippen LogP contribution is 2.34. The molecule has 0 aliphatic carbocycles. The fourth-order valence-electron chi connectivity index (χ4n) is 4.32. The Kier molecular flexibility index (Phi) is 6.35. The van der Waals surface area contributed by atoms with Crippen LogP contribution in [-0.4, -0.2) is 64.4 Å². The lowest BCUT2D eigenvalue weighted by molar-refractivity contribution is -0.136. The van der Waals surface area contributed by atoms with E-state index in [1.807, 2.05) is 6.20 Å². The number of nitrogens with one attached hydrogen (secondary N) is 2. The summed E-state index contributed by atoms with van der Waals surface area (Å²) in [4.78, 5) is 25.0. The molecule has 1 aromatic heterocycles. The van der Waals surface area contributed by atoms with Gasteiger partial charge in [0.1, 0.15) is 5.82 Å². The largest absolute Gasteiger partial charge is 0.347 e. The minimum absolute atomic E-state index is 0.252. The topological polar surface area (TPSA) is 64.3 Å². The van der Waals surface area contributed by atoms with Gasteiger partial charge in [0.15, 0.2) is 0 Å². The van der Waals surface area contributed by atoms with Gasteiger partial charge in [0, 0.05) is 18.4 Å². The van der Waals surface area contributed by atoms with Gasteiger partial charge in [-0.15, -0.1) is 0 Å². The second-order valence-corrected chi connectivity index (χ2v) is 8.96. The number of nitrogens with zero attached hydrogens (tertiary/aromatic N) is 3. The summed E-state index contributed by atoms with van der Waals surface area (Å²) in [5, 5.41) is 3.40. The van der Waals surface area contributed by atoms with Crippen molar-refractivity contribution >= 4 is 5.91 Å². The van der Waals surface area contributed by atoms with Gasteiger partial charge in [-0.05, 0) is 63.2 Å². The first kappa shape index (κ1) is 19.4. The molecule has 0 aromatic carbocycles. The third kappa shape index (κ3) is 5.07. The molecule has 3 heterocycles. The van der Waals surface area contributed by atoms with E-state index >= 15 is 0 Å². The second kappa shape index (κ2) is 8.53. The molecule has 0 unspecified atom stereocenters. The SMILES string of the molecule is CC(C)(C)C1CCN(CC(=O)N(Cc2ncc[nH]2)C2CCNCC2)CC1. The standard InChI is InChI=1S/C20H35N5O/c1-20(2,3)16-6-12-24(13-7-16)15-19(26)25(14-18-22-10-11-23-18)17-4-8-21-9-5-17/h10-11,16-17,21H,4-9,12-15H2,1-3H3,(H,22,23). The van der Waals surface area contributed by atoms with Crippen molar-refractivity contribution in [3.8, 4) is 0 Å². The molecule has 26 heavy (non-hydrogen) atoms. The Morgan fingerprint density at radius 3 is 2.50 bits per heavy atom. The van der Waals surface area contributed by atoms with Crippen molar-refractivity contribution in [3.05, 3.63) is 18.2 Å². The molecule has 6 nitrogen and oxygen atoms in total. The quantitative estimate of drug-likeness (QED) is 0.844. The Bertz CT molecular complexity index is 551. The summed E-state index contributed by atoms with van der Waals surface area (Å²) in [6.07, 6.45) is 8.04. The van der Waals surface area contributed by atoms with E-state index in [0.29, 0.717) is 24.5 Å². The number of hydrogen-bond donors (Lipinski definition) is 2. The van der Waals surface area contributed by atoms with Crippen LogP contribution in [0.15, 0.2) is 12.4 Å². The van der Waals surface area contributed by atoms with Crippen molar-refractivity contribution in [1.29, 1.82) is 0 Å². The van der Waals surface area contributed by atoms with Crippen molar-refractivity contribution < 1.29 is 4.79 Å². The summed E-state index contributed by atoms with van der Waals surface area (Å²) in [6.45, 7) is 12.2. The van der Waals surface area contributed by atoms with E-state index in [4.69, 9.17) is 0 Å². The van der Waals surface area contributed by atoms with E-state index in [-0.39, 0.29) is 5.91 Å². The lowest BCUT2D eigenvalue weighted by Crippen LogP contribution is -2.50. The Labute approximate surface area is 157 Å². The lowest BCUT2D eigenvalue weighted by atomic mass is 9.75. The molecule has 6 heteroatoms. The van der Waals surface area contributed by atoms with Crippen molar-refractivity contribution in [2.45, 2.75) is 59.0 Å². The minimum atomic E-state index is 0.252. The van der Waals surface area contributed by atoms with Crippen LogP contribution in [0.3, 0.4) is 0 Å². The van der Waals surface area contributed by atoms with Crippen molar-refractivity contribution in [3.63, 3.8) is 0 Å². The summed E-state index contributed by atoms with van der Waals surface area (Å²) in [6, 6.07) is 0.320. The molecule has 1 aromatic rings. The molecule has 2 fully saturated rings. The smallest absolute Gasteiger partial charge is 0.237 e. The predicted molar refractivity (Wildman–Crippen MR) is 104 cm³/mol. The maximum absolute atomic E-state index is 13.1. The van der Waals surface area contributed by atoms with Crippen LogP contribution in [-0.2, 0) is 11.3 Å². The summed E-state index contributed by atoms with van der Waals surface area (Å²) in [5.74, 6) is 1.89. The first-order chi connectivity index (χ1) is 12.4. The maximum atomic E-state index is 13.1. The molecule has 0 radical (unpaired) electrons. The van der Waals surface area contributed by atoms with Crippen molar-refractivity contribution in [1.82, 2.24) is 25.1 Å². The molecule has 0 spiro atoms. The Balaban J connectivity index is 1.58. The number of rotatable bonds is 5. The van der Waals surface area contributed by atoms with Gasteiger partial charge in [-0.2, -0.15) is 0 Å². The number of H-pyrrole nitrogens is 1. The van der Waals surface area contributed by atoms with Crippen LogP contribution in [0.5, 0.6) is 0 Å². The van der Waals surface area contributed by atoms with Gasteiger partial charge >= 0.3 is 0 Å². The number of hydrogen-bond acceptors (Lipinski definition) is 4. The number of amides is 1. The van der Waals surface area contributed by atoms with Crippen LogP contribution in [0.1, 0.15) is 52.3 Å². The Morgan fingerprint density at radius 1 is 1.23 bits per heavy atom. The monoisotopic (exact) mass is 361 g/mol. The van der Waals surface area contributed by atoms with E-state index in [1.165, 1.54) is 12.8 Å². The number of aromatic amines is 1. The number of carbonyl (C=O) groups is 1. The first-order valence-corrected chi connectivity index (χ1v) is 10.1. The average Bonchev–Trinajstić information content (AvgIpc) is 3.13. The fraction of sp³-hybridized carbons (Fsp3) is 0.800. The zero-order chi connectivity index (χ0) is 18.6. The van der Waals surface area contributed by atoms with Crippen LogP contribution in [0.2, 0.25) is 0 Å². The number of aromatic nitrogens is 2. The van der Waals surface area contributed by atoms with Crippen molar-refractivity contribution in [2.75, 3.05) is 32.7 Å². The highest BCUT2D eigenvalue weighted by Gasteiger charge is 2.31. The van der Waals surface area contributed by atoms with Gasteiger partial charge in [0.2, 0.25) is 5.91 Å². The first-order valence-electron chi connectivity index (χ1n) is 10.1. The number of imidazole rings is 1. The van der Waals surface area contributed by atoms with Gasteiger partial charge in [0.05, 0.1) is 13.1 Å². The zero-order valence-corrected chi connectivity index (χ0v) is 16.6. The van der Waals surface area contributed by atoms with Crippen LogP contribution in [0.4, 0.5) is 0 Å². The van der Waals surface area contributed by atoms with Crippen LogP contribution < -0.4 is 5.32 Å². The van der Waals surface area contributed by atoms with E-state index < -0.39 is 0 Å². The molecule has 1 amide bonds. The Morgan fingerprint density at radius 2 is 1.92 bits per heavy atom. The minimum Gasteiger partial charge on any atom is -0.347 e. The molecule has 0 saturated carbocycles. The van der Waals surface area contributed by atoms with Gasteiger partial charge in [-0.3, -0.25) is 9.69 Å². The summed E-state index contributed by atoms with van der Waals surface area (Å²) in [5.41, 5.74) is 0.372. The average molecular weight is 362 g/mol. The van der Waals surface area contributed by atoms with Crippen LogP contribution in [0.25, 0.3) is 0 Å².